The van der Waals surface area contributed by atoms with Crippen LogP contribution >= 0.6 is 0 Å². The number of nitrogens with zero attached hydrogens (tertiary/aromatic N) is 1. The van der Waals surface area contributed by atoms with Gasteiger partial charge in [-0.15, -0.1) is 6.58 Å². The fourth-order valence-electron chi connectivity index (χ4n) is 1.78. The summed E-state index contributed by atoms with van der Waals surface area (Å²) in [5.41, 5.74) is -1.45. The van der Waals surface area contributed by atoms with E-state index in [9.17, 15) is 9.59 Å². The van der Waals surface area contributed by atoms with E-state index >= 15 is 0 Å². The molecule has 7 nitrogen and oxygen atoms in total. The number of carbonyl (C=O) groups excluding carboxylic acids is 2. The highest BCUT2D eigenvalue weighted by molar-refractivity contribution is 6.01. The lowest BCUT2D eigenvalue weighted by atomic mass is 9.88. The van der Waals surface area contributed by atoms with Gasteiger partial charge in [0.25, 0.3) is 0 Å². The number of guanidine groups is 1. The van der Waals surface area contributed by atoms with Gasteiger partial charge in [-0.2, -0.15) is 0 Å². The predicted molar refractivity (Wildman–Crippen MR) is 104 cm³/mol. The van der Waals surface area contributed by atoms with E-state index in [1.54, 1.807) is 41.5 Å². The molecule has 2 amide bonds. The predicted octanol–water partition coefficient (Wildman–Crippen LogP) is 4.38. The summed E-state index contributed by atoms with van der Waals surface area (Å²) in [5.74, 6) is 0.000165. The van der Waals surface area contributed by atoms with Crippen LogP contribution < -0.4 is 10.6 Å². The van der Waals surface area contributed by atoms with Crippen LogP contribution in [-0.4, -0.2) is 35.9 Å². The molecule has 2 N–H and O–H groups in total. The minimum Gasteiger partial charge on any atom is -0.444 e. The Morgan fingerprint density at radius 2 is 1.35 bits per heavy atom. The minimum atomic E-state index is -0.698. The highest BCUT2D eigenvalue weighted by Crippen LogP contribution is 2.22. The maximum Gasteiger partial charge on any atom is 0.414 e. The molecule has 0 aliphatic carbocycles. The number of aliphatic imine (C=N–C) groups is 1. The highest BCUT2D eigenvalue weighted by Gasteiger charge is 2.22. The molecule has 150 valence electrons. The van der Waals surface area contributed by atoms with E-state index in [-0.39, 0.29) is 11.4 Å². The molecule has 0 aliphatic rings. The van der Waals surface area contributed by atoms with Gasteiger partial charge in [0.1, 0.15) is 11.2 Å². The van der Waals surface area contributed by atoms with E-state index in [0.29, 0.717) is 6.54 Å². The van der Waals surface area contributed by atoms with Gasteiger partial charge in [-0.25, -0.2) is 9.59 Å². The molecule has 0 aliphatic heterocycles. The van der Waals surface area contributed by atoms with Crippen LogP contribution in [0.1, 0.15) is 68.2 Å². The molecule has 0 aromatic rings. The average Bonchev–Trinajstić information content (AvgIpc) is 2.38. The highest BCUT2D eigenvalue weighted by atomic mass is 16.6. The summed E-state index contributed by atoms with van der Waals surface area (Å²) >= 11 is 0. The third-order valence-electron chi connectivity index (χ3n) is 2.93. The summed E-state index contributed by atoms with van der Waals surface area (Å²) in [6, 6.07) is 0. The van der Waals surface area contributed by atoms with Crippen LogP contribution in [-0.2, 0) is 9.47 Å². The zero-order chi connectivity index (χ0) is 20.6. The summed E-state index contributed by atoms with van der Waals surface area (Å²) in [4.78, 5) is 28.4. The number of ether oxygens (including phenoxy) is 2. The smallest absolute Gasteiger partial charge is 0.414 e. The zero-order valence-electron chi connectivity index (χ0n) is 17.5. The summed E-state index contributed by atoms with van der Waals surface area (Å²) in [6.07, 6.45) is 2.19. The quantitative estimate of drug-likeness (QED) is 0.427. The van der Waals surface area contributed by atoms with Crippen LogP contribution in [0.4, 0.5) is 9.59 Å². The fraction of sp³-hybridized carbons (Fsp3) is 0.737. The first kappa shape index (κ1) is 23.9. The second-order valence-corrected chi connectivity index (χ2v) is 8.91. The van der Waals surface area contributed by atoms with Gasteiger partial charge in [-0.1, -0.05) is 19.9 Å². The van der Waals surface area contributed by atoms with Gasteiger partial charge in [-0.05, 0) is 59.8 Å². The second kappa shape index (κ2) is 9.59. The van der Waals surface area contributed by atoms with Crippen LogP contribution in [0.3, 0.4) is 0 Å². The molecule has 0 saturated heterocycles. The maximum atomic E-state index is 12.0. The summed E-state index contributed by atoms with van der Waals surface area (Å²) in [7, 11) is 0. The van der Waals surface area contributed by atoms with Crippen LogP contribution in [0.25, 0.3) is 0 Å². The lowest BCUT2D eigenvalue weighted by Crippen LogP contribution is -2.47. The van der Waals surface area contributed by atoms with Crippen molar-refractivity contribution >= 4 is 18.1 Å². The minimum absolute atomic E-state index is 0.000165. The first-order valence-corrected chi connectivity index (χ1v) is 8.79. The first-order chi connectivity index (χ1) is 11.6. The lowest BCUT2D eigenvalue weighted by molar-refractivity contribution is 0.0544. The largest absolute Gasteiger partial charge is 0.444 e. The summed E-state index contributed by atoms with van der Waals surface area (Å²) < 4.78 is 10.4. The van der Waals surface area contributed by atoms with Crippen molar-refractivity contribution in [3.8, 4) is 0 Å². The molecular formula is C19H35N3O4. The number of nitrogens with one attached hydrogen (secondary N) is 2. The van der Waals surface area contributed by atoms with Crippen LogP contribution in [0.2, 0.25) is 0 Å². The normalized spacial score (nSPS) is 12.0. The SMILES string of the molecule is C=CCCC(C)(C)CN=C(NC(=O)OC(C)(C)C)NC(=O)OC(C)(C)C. The number of alkyl carbamates (subject to hydrolysis) is 2. The summed E-state index contributed by atoms with van der Waals surface area (Å²) in [6.45, 7) is 18.8. The molecule has 26 heavy (non-hydrogen) atoms. The van der Waals surface area contributed by atoms with Gasteiger partial charge in [0.05, 0.1) is 0 Å². The van der Waals surface area contributed by atoms with Crippen LogP contribution in [0.5, 0.6) is 0 Å². The molecule has 0 radical (unpaired) electrons. The van der Waals surface area contributed by atoms with Crippen molar-refractivity contribution in [2.45, 2.75) is 79.4 Å². The molecule has 0 spiro atoms. The zero-order valence-corrected chi connectivity index (χ0v) is 17.5. The molecular weight excluding hydrogens is 334 g/mol. The monoisotopic (exact) mass is 369 g/mol. The van der Waals surface area contributed by atoms with Crippen molar-refractivity contribution in [3.05, 3.63) is 12.7 Å². The second-order valence-electron chi connectivity index (χ2n) is 8.91. The number of amides is 2. The Morgan fingerprint density at radius 3 is 1.69 bits per heavy atom. The Labute approximate surface area is 157 Å². The van der Waals surface area contributed by atoms with Crippen LogP contribution in [0, 0.1) is 5.41 Å². The number of rotatable bonds is 5. The number of hydrogen-bond acceptors (Lipinski definition) is 5. The average molecular weight is 370 g/mol. The van der Waals surface area contributed by atoms with Gasteiger partial charge in [0, 0.05) is 6.54 Å². The maximum absolute atomic E-state index is 12.0. The molecule has 7 heteroatoms. The van der Waals surface area contributed by atoms with Gasteiger partial charge < -0.3 is 9.47 Å². The van der Waals surface area contributed by atoms with Crippen molar-refractivity contribution in [2.24, 2.45) is 10.4 Å². The Hall–Kier alpha value is -2.05. The van der Waals surface area contributed by atoms with Gasteiger partial charge in [-0.3, -0.25) is 15.6 Å². The Bertz CT molecular complexity index is 494. The molecule has 0 fully saturated rings. The molecule has 0 aromatic carbocycles. The third kappa shape index (κ3) is 13.3. The van der Waals surface area contributed by atoms with Crippen molar-refractivity contribution in [3.63, 3.8) is 0 Å². The van der Waals surface area contributed by atoms with Crippen molar-refractivity contribution in [2.75, 3.05) is 6.54 Å². The van der Waals surface area contributed by atoms with Gasteiger partial charge in [0.15, 0.2) is 0 Å². The first-order valence-electron chi connectivity index (χ1n) is 8.79. The van der Waals surface area contributed by atoms with Crippen molar-refractivity contribution < 1.29 is 19.1 Å². The molecule has 0 saturated carbocycles. The molecule has 0 unspecified atom stereocenters. The Kier molecular flexibility index (Phi) is 8.84. The summed E-state index contributed by atoms with van der Waals surface area (Å²) in [5, 5.41) is 4.95. The van der Waals surface area contributed by atoms with Crippen LogP contribution in [0.15, 0.2) is 17.6 Å². The molecule has 0 bridgehead atoms. The van der Waals surface area contributed by atoms with Gasteiger partial charge >= 0.3 is 12.2 Å². The molecule has 0 aromatic heterocycles. The fourth-order valence-corrected chi connectivity index (χ4v) is 1.78. The molecule has 0 rings (SSSR count). The molecule has 0 heterocycles. The standard InChI is InChI=1S/C19H35N3O4/c1-10-11-12-19(8,9)13-20-14(21-15(23)25-17(2,3)4)22-16(24)26-18(5,6)7/h10H,1,11-13H2,2-9H3,(H2,20,21,22,23,24). The lowest BCUT2D eigenvalue weighted by Gasteiger charge is -2.24. The number of allylic oxidation sites excluding steroid dienone is 1. The van der Waals surface area contributed by atoms with E-state index in [1.807, 2.05) is 6.08 Å². The number of hydrogen-bond donors (Lipinski definition) is 2. The Balaban J connectivity index is 5.14. The number of carbonyl (C=O) groups is 2. The van der Waals surface area contributed by atoms with E-state index in [4.69, 9.17) is 9.47 Å². The van der Waals surface area contributed by atoms with Crippen molar-refractivity contribution in [1.82, 2.24) is 10.6 Å². The third-order valence-corrected chi connectivity index (χ3v) is 2.93. The van der Waals surface area contributed by atoms with E-state index < -0.39 is 23.4 Å². The van der Waals surface area contributed by atoms with E-state index in [1.165, 1.54) is 0 Å². The van der Waals surface area contributed by atoms with Crippen molar-refractivity contribution in [1.29, 1.82) is 0 Å². The van der Waals surface area contributed by atoms with E-state index in [2.05, 4.69) is 36.1 Å². The topological polar surface area (TPSA) is 89.0 Å². The van der Waals surface area contributed by atoms with E-state index in [0.717, 1.165) is 12.8 Å². The Morgan fingerprint density at radius 1 is 0.923 bits per heavy atom. The van der Waals surface area contributed by atoms with Gasteiger partial charge in [0.2, 0.25) is 5.96 Å². The molecule has 0 atom stereocenters.